The van der Waals surface area contributed by atoms with Gasteiger partial charge in [-0.15, -0.1) is 4.91 Å². The summed E-state index contributed by atoms with van der Waals surface area (Å²) in [5.41, 5.74) is 0.310. The molecular formula is C11H15N5O2. The molecule has 0 saturated carbocycles. The molecule has 7 nitrogen and oxygen atoms in total. The van der Waals surface area contributed by atoms with E-state index in [1.54, 1.807) is 0 Å². The maximum atomic E-state index is 12.4. The molecule has 7 heteroatoms. The number of carbonyl (C=O) groups excluding carboxylic acids is 1. The Morgan fingerprint density at radius 3 is 2.83 bits per heavy atom. The van der Waals surface area contributed by atoms with Gasteiger partial charge in [0.15, 0.2) is 11.4 Å². The first-order valence-electron chi connectivity index (χ1n) is 6.19. The van der Waals surface area contributed by atoms with Crippen LogP contribution in [-0.4, -0.2) is 58.1 Å². The predicted octanol–water partition coefficient (Wildman–Crippen LogP) is 0.728. The molecule has 3 fully saturated rings. The zero-order chi connectivity index (χ0) is 12.5. The van der Waals surface area contributed by atoms with Gasteiger partial charge in [0, 0.05) is 32.2 Å². The van der Waals surface area contributed by atoms with E-state index >= 15 is 0 Å². The van der Waals surface area contributed by atoms with Crippen LogP contribution in [0.5, 0.6) is 0 Å². The number of nitrogens with one attached hydrogen (secondary N) is 1. The first kappa shape index (κ1) is 11.3. The van der Waals surface area contributed by atoms with Crippen molar-refractivity contribution in [1.82, 2.24) is 20.0 Å². The maximum absolute atomic E-state index is 12.4. The molecule has 18 heavy (non-hydrogen) atoms. The molecule has 1 N–H and O–H groups in total. The first-order valence-corrected chi connectivity index (χ1v) is 6.19. The Balaban J connectivity index is 1.85. The summed E-state index contributed by atoms with van der Waals surface area (Å²) in [7, 11) is 0. The van der Waals surface area contributed by atoms with Crippen molar-refractivity contribution in [3.63, 3.8) is 0 Å². The minimum Gasteiger partial charge on any atom is -0.333 e. The Kier molecular flexibility index (Phi) is 2.83. The molecule has 3 saturated heterocycles. The zero-order valence-electron chi connectivity index (χ0n) is 10.0. The van der Waals surface area contributed by atoms with Gasteiger partial charge in [-0.3, -0.25) is 9.89 Å². The molecule has 0 atom stereocenters. The molecule has 0 unspecified atom stereocenters. The van der Waals surface area contributed by atoms with Gasteiger partial charge in [-0.05, 0) is 18.0 Å². The van der Waals surface area contributed by atoms with Gasteiger partial charge in [-0.2, -0.15) is 5.10 Å². The molecule has 0 aliphatic carbocycles. The van der Waals surface area contributed by atoms with E-state index in [9.17, 15) is 9.70 Å². The van der Waals surface area contributed by atoms with Crippen LogP contribution < -0.4 is 0 Å². The number of piperidine rings is 1. The van der Waals surface area contributed by atoms with E-state index in [4.69, 9.17) is 0 Å². The van der Waals surface area contributed by atoms with Gasteiger partial charge in [0.05, 0.1) is 6.20 Å². The van der Waals surface area contributed by atoms with E-state index in [0.717, 1.165) is 32.5 Å². The standard InChI is InChI=1S/C11H15N5O2/c17-11(10-9(14-18)7-12-13-10)16-6-5-15-3-1-8(16)2-4-15/h7-8H,1-6H2,(H,12,13). The third-order valence-corrected chi connectivity index (χ3v) is 3.85. The van der Waals surface area contributed by atoms with Gasteiger partial charge in [0.2, 0.25) is 0 Å². The largest absolute Gasteiger partial charge is 0.333 e. The monoisotopic (exact) mass is 249 g/mol. The van der Waals surface area contributed by atoms with Crippen LogP contribution in [0.15, 0.2) is 11.4 Å². The molecular weight excluding hydrogens is 234 g/mol. The highest BCUT2D eigenvalue weighted by Crippen LogP contribution is 2.24. The van der Waals surface area contributed by atoms with E-state index in [-0.39, 0.29) is 23.3 Å². The number of aromatic amines is 1. The Morgan fingerprint density at radius 1 is 1.33 bits per heavy atom. The SMILES string of the molecule is O=Nc1cn[nH]c1C(=O)N1CCN2CCC1CC2. The van der Waals surface area contributed by atoms with Gasteiger partial charge in [0.1, 0.15) is 0 Å². The fourth-order valence-electron chi connectivity index (χ4n) is 2.80. The van der Waals surface area contributed by atoms with Gasteiger partial charge in [-0.25, -0.2) is 0 Å². The molecule has 3 aliphatic rings. The minimum atomic E-state index is -0.157. The fourth-order valence-corrected chi connectivity index (χ4v) is 2.80. The lowest BCUT2D eigenvalue weighted by atomic mass is 10.0. The van der Waals surface area contributed by atoms with Crippen molar-refractivity contribution in [3.8, 4) is 0 Å². The second-order valence-corrected chi connectivity index (χ2v) is 4.79. The third kappa shape index (κ3) is 1.80. The normalized spacial score (nSPS) is 27.0. The molecule has 0 aromatic carbocycles. The van der Waals surface area contributed by atoms with Crippen molar-refractivity contribution in [2.24, 2.45) is 5.18 Å². The average Bonchev–Trinajstić information content (AvgIpc) is 2.69. The van der Waals surface area contributed by atoms with Crippen molar-refractivity contribution in [1.29, 1.82) is 0 Å². The van der Waals surface area contributed by atoms with Crippen LogP contribution in [0.4, 0.5) is 5.69 Å². The Hall–Kier alpha value is -1.76. The minimum absolute atomic E-state index is 0.0964. The number of H-pyrrole nitrogens is 1. The summed E-state index contributed by atoms with van der Waals surface area (Å²) < 4.78 is 0. The molecule has 0 spiro atoms. The number of rotatable bonds is 2. The quantitative estimate of drug-likeness (QED) is 0.783. The first-order chi connectivity index (χ1) is 8.79. The number of nitroso groups, excluding NO2 is 1. The highest BCUT2D eigenvalue weighted by Gasteiger charge is 2.33. The van der Waals surface area contributed by atoms with E-state index in [0.29, 0.717) is 6.54 Å². The van der Waals surface area contributed by atoms with Crippen LogP contribution in [0.3, 0.4) is 0 Å². The molecule has 96 valence electrons. The van der Waals surface area contributed by atoms with Crippen molar-refractivity contribution >= 4 is 11.6 Å². The number of aromatic nitrogens is 2. The summed E-state index contributed by atoms with van der Waals surface area (Å²) in [6, 6.07) is 0.277. The molecule has 1 aromatic rings. The lowest BCUT2D eigenvalue weighted by Crippen LogP contribution is -2.41. The fraction of sp³-hybridized carbons (Fsp3) is 0.636. The van der Waals surface area contributed by atoms with Gasteiger partial charge >= 0.3 is 0 Å². The molecule has 4 heterocycles. The van der Waals surface area contributed by atoms with Crippen LogP contribution in [0.25, 0.3) is 0 Å². The van der Waals surface area contributed by atoms with Crippen molar-refractivity contribution < 1.29 is 4.79 Å². The molecule has 4 rings (SSSR count). The average molecular weight is 249 g/mol. The number of nitrogens with zero attached hydrogens (tertiary/aromatic N) is 4. The van der Waals surface area contributed by atoms with E-state index < -0.39 is 0 Å². The predicted molar refractivity (Wildman–Crippen MR) is 64.5 cm³/mol. The number of hydrogen-bond donors (Lipinski definition) is 1. The van der Waals surface area contributed by atoms with Crippen LogP contribution >= 0.6 is 0 Å². The molecule has 3 aliphatic heterocycles. The van der Waals surface area contributed by atoms with E-state index in [1.807, 2.05) is 4.90 Å². The van der Waals surface area contributed by atoms with Crippen LogP contribution in [0.1, 0.15) is 23.3 Å². The summed E-state index contributed by atoms with van der Waals surface area (Å²) in [5.74, 6) is -0.157. The van der Waals surface area contributed by atoms with Gasteiger partial charge < -0.3 is 9.80 Å². The number of hydrogen-bond acceptors (Lipinski definition) is 5. The molecule has 2 bridgehead atoms. The van der Waals surface area contributed by atoms with E-state index in [1.165, 1.54) is 6.20 Å². The van der Waals surface area contributed by atoms with Gasteiger partial charge in [0.25, 0.3) is 5.91 Å². The highest BCUT2D eigenvalue weighted by molar-refractivity contribution is 5.97. The van der Waals surface area contributed by atoms with Crippen molar-refractivity contribution in [3.05, 3.63) is 16.8 Å². The van der Waals surface area contributed by atoms with Crippen LogP contribution in [0.2, 0.25) is 0 Å². The third-order valence-electron chi connectivity index (χ3n) is 3.85. The Bertz CT molecular complexity index is 464. The number of fused-ring (bicyclic) bond motifs is 4. The zero-order valence-corrected chi connectivity index (χ0v) is 10.0. The summed E-state index contributed by atoms with van der Waals surface area (Å²) >= 11 is 0. The number of amides is 1. The van der Waals surface area contributed by atoms with Crippen LogP contribution in [0, 0.1) is 4.91 Å². The smallest absolute Gasteiger partial charge is 0.274 e. The summed E-state index contributed by atoms with van der Waals surface area (Å²) in [6.45, 7) is 3.72. The second kappa shape index (κ2) is 4.49. The van der Waals surface area contributed by atoms with Gasteiger partial charge in [-0.1, -0.05) is 0 Å². The number of carbonyl (C=O) groups is 1. The molecule has 1 amide bonds. The Labute approximate surface area is 104 Å². The topological polar surface area (TPSA) is 81.7 Å². The second-order valence-electron chi connectivity index (χ2n) is 4.79. The lowest BCUT2D eigenvalue weighted by molar-refractivity contribution is 0.0679. The van der Waals surface area contributed by atoms with E-state index in [2.05, 4.69) is 20.3 Å². The Morgan fingerprint density at radius 2 is 2.11 bits per heavy atom. The van der Waals surface area contributed by atoms with Crippen molar-refractivity contribution in [2.75, 3.05) is 26.2 Å². The lowest BCUT2D eigenvalue weighted by Gasteiger charge is -2.31. The summed E-state index contributed by atoms with van der Waals surface area (Å²) in [6.07, 6.45) is 3.30. The summed E-state index contributed by atoms with van der Waals surface area (Å²) in [4.78, 5) is 27.3. The van der Waals surface area contributed by atoms with Crippen molar-refractivity contribution in [2.45, 2.75) is 18.9 Å². The highest BCUT2D eigenvalue weighted by atomic mass is 16.3. The van der Waals surface area contributed by atoms with Crippen LogP contribution in [-0.2, 0) is 0 Å². The summed E-state index contributed by atoms with van der Waals surface area (Å²) in [5, 5.41) is 9.13. The maximum Gasteiger partial charge on any atom is 0.274 e. The molecule has 0 radical (unpaired) electrons. The molecule has 1 aromatic heterocycles.